The summed E-state index contributed by atoms with van der Waals surface area (Å²) in [5.74, 6) is -1.22. The van der Waals surface area contributed by atoms with Gasteiger partial charge in [-0.1, -0.05) is 18.2 Å². The second kappa shape index (κ2) is 9.01. The third-order valence-electron chi connectivity index (χ3n) is 4.02. The number of hydrogen-bond donors (Lipinski definition) is 3. The number of nitro benzene ring substituents is 2. The van der Waals surface area contributed by atoms with Crippen molar-refractivity contribution < 1.29 is 57.8 Å². The molecular formula is C16H11N5NaO8S+. The number of benzene rings is 3. The van der Waals surface area contributed by atoms with Crippen LogP contribution in [0, 0.1) is 20.2 Å². The molecule has 3 aromatic rings. The quantitative estimate of drug-likeness (QED) is 0.122. The largest absolute Gasteiger partial charge is 1.00 e. The van der Waals surface area contributed by atoms with E-state index in [-0.39, 0.29) is 51.7 Å². The number of nitrogens with two attached hydrogens (primary N) is 1. The molecule has 0 fully saturated rings. The van der Waals surface area contributed by atoms with Gasteiger partial charge in [0.15, 0.2) is 0 Å². The van der Waals surface area contributed by atoms with Gasteiger partial charge in [0.1, 0.15) is 5.69 Å². The molecule has 0 atom stereocenters. The number of nitrogens with zero attached hydrogens (tertiary/aromatic N) is 4. The van der Waals surface area contributed by atoms with E-state index >= 15 is 0 Å². The molecule has 0 saturated carbocycles. The minimum atomic E-state index is -4.44. The monoisotopic (exact) mass is 456 g/mol. The molecule has 154 valence electrons. The van der Waals surface area contributed by atoms with Crippen LogP contribution in [0.5, 0.6) is 5.75 Å². The summed E-state index contributed by atoms with van der Waals surface area (Å²) in [6.07, 6.45) is 0. The van der Waals surface area contributed by atoms with E-state index in [4.69, 9.17) is 5.73 Å². The van der Waals surface area contributed by atoms with Gasteiger partial charge in [0, 0.05) is 28.7 Å². The van der Waals surface area contributed by atoms with Gasteiger partial charge in [0.25, 0.3) is 11.4 Å². The third kappa shape index (κ3) is 4.84. The van der Waals surface area contributed by atoms with Crippen LogP contribution in [-0.2, 0) is 14.7 Å². The zero-order valence-corrected chi connectivity index (χ0v) is 18.5. The number of fused-ring (bicyclic) bond motifs is 1. The van der Waals surface area contributed by atoms with E-state index in [0.717, 1.165) is 6.07 Å². The molecule has 0 saturated heterocycles. The van der Waals surface area contributed by atoms with Crippen LogP contribution in [0.1, 0.15) is 0 Å². The number of hydrogen-bond acceptors (Lipinski definition) is 9. The van der Waals surface area contributed by atoms with Crippen LogP contribution >= 0.6 is 0 Å². The molecule has 15 heteroatoms. The van der Waals surface area contributed by atoms with Crippen molar-refractivity contribution in [1.29, 1.82) is 0 Å². The fourth-order valence-electron chi connectivity index (χ4n) is 2.66. The van der Waals surface area contributed by atoms with Gasteiger partial charge in [-0.2, -0.15) is 14.2 Å². The molecule has 0 amide bonds. The predicted molar refractivity (Wildman–Crippen MR) is 103 cm³/mol. The maximum atomic E-state index is 12.2. The fraction of sp³-hybridized carbons (Fsp3) is 0. The Balaban J connectivity index is 0.00000341. The van der Waals surface area contributed by atoms with Crippen molar-refractivity contribution in [1.82, 2.24) is 0 Å². The Kier molecular flexibility index (Phi) is 7.05. The number of nitrogen functional groups attached to an aromatic ring is 1. The summed E-state index contributed by atoms with van der Waals surface area (Å²) in [5.41, 5.74) is 3.18. The first-order valence-corrected chi connectivity index (χ1v) is 9.33. The van der Waals surface area contributed by atoms with Gasteiger partial charge in [0.05, 0.1) is 27.3 Å². The van der Waals surface area contributed by atoms with Crippen LogP contribution in [0.4, 0.5) is 28.4 Å². The first-order chi connectivity index (χ1) is 14.0. The van der Waals surface area contributed by atoms with Gasteiger partial charge in [-0.3, -0.25) is 20.2 Å². The van der Waals surface area contributed by atoms with E-state index in [1.165, 1.54) is 12.1 Å². The van der Waals surface area contributed by atoms with Gasteiger partial charge >= 0.3 is 40.1 Å². The Labute approximate surface area is 196 Å². The Morgan fingerprint density at radius 1 is 0.935 bits per heavy atom. The van der Waals surface area contributed by atoms with Crippen molar-refractivity contribution in [3.63, 3.8) is 0 Å². The molecule has 0 bridgehead atoms. The van der Waals surface area contributed by atoms with Gasteiger partial charge in [-0.25, -0.2) is 0 Å². The van der Waals surface area contributed by atoms with Crippen LogP contribution in [0.15, 0.2) is 57.6 Å². The van der Waals surface area contributed by atoms with Crippen LogP contribution in [0.2, 0.25) is 0 Å². The van der Waals surface area contributed by atoms with Crippen molar-refractivity contribution in [3.8, 4) is 5.75 Å². The van der Waals surface area contributed by atoms with E-state index in [9.17, 15) is 38.6 Å². The first-order valence-electron chi connectivity index (χ1n) is 7.86. The SMILES string of the molecule is Nc1c(N=Nc2cc([N+](=O)[O-])cc([N+](=O)[O-])c2[O-])cc([S+](=O)(O)O)c2ccccc12.[Na+]. The zero-order chi connectivity index (χ0) is 22.2. The van der Waals surface area contributed by atoms with Crippen molar-refractivity contribution >= 4 is 49.7 Å². The first kappa shape index (κ1) is 24.3. The average molecular weight is 456 g/mol. The van der Waals surface area contributed by atoms with E-state index in [1.54, 1.807) is 12.1 Å². The molecule has 3 aromatic carbocycles. The second-order valence-electron chi connectivity index (χ2n) is 5.88. The maximum Gasteiger partial charge on any atom is 1.00 e. The summed E-state index contributed by atoms with van der Waals surface area (Å²) in [4.78, 5) is 19.5. The normalized spacial score (nSPS) is 11.4. The third-order valence-corrected chi connectivity index (χ3v) is 4.93. The van der Waals surface area contributed by atoms with Crippen molar-refractivity contribution in [2.45, 2.75) is 4.90 Å². The summed E-state index contributed by atoms with van der Waals surface area (Å²) in [7, 11) is -4.44. The van der Waals surface area contributed by atoms with Crippen LogP contribution in [0.25, 0.3) is 10.8 Å². The number of azo groups is 1. The minimum absolute atomic E-state index is 0. The summed E-state index contributed by atoms with van der Waals surface area (Å²) in [5, 5.41) is 41.7. The predicted octanol–water partition coefficient (Wildman–Crippen LogP) is 0.536. The Hall–Kier alpha value is -3.01. The molecule has 0 radical (unpaired) electrons. The second-order valence-corrected chi connectivity index (χ2v) is 7.31. The molecular weight excluding hydrogens is 445 g/mol. The average Bonchev–Trinajstić information content (AvgIpc) is 2.67. The summed E-state index contributed by atoms with van der Waals surface area (Å²) >= 11 is 0. The van der Waals surface area contributed by atoms with E-state index < -0.39 is 48.0 Å². The molecule has 0 heterocycles. The molecule has 31 heavy (non-hydrogen) atoms. The standard InChI is InChI=1S/C16H11N5O8S.Na/c17-15-10-4-2-1-3-9(10)14(30(27,28)29)7-11(15)18-19-12-5-8(20(23)24)6-13(16(12)22)21(25)26;/h1-7H,(H4-,17,18,19,22,27,28,29);/q;+1. The van der Waals surface area contributed by atoms with Gasteiger partial charge < -0.3 is 10.8 Å². The Morgan fingerprint density at radius 3 is 2.06 bits per heavy atom. The molecule has 3 rings (SSSR count). The van der Waals surface area contributed by atoms with Crippen molar-refractivity contribution in [2.24, 2.45) is 10.2 Å². The number of nitro groups is 2. The molecule has 0 spiro atoms. The molecule has 0 aliphatic heterocycles. The van der Waals surface area contributed by atoms with Crippen molar-refractivity contribution in [3.05, 3.63) is 62.7 Å². The van der Waals surface area contributed by atoms with E-state index in [1.807, 2.05) is 0 Å². The van der Waals surface area contributed by atoms with Gasteiger partial charge in [-0.05, 0) is 10.3 Å². The summed E-state index contributed by atoms with van der Waals surface area (Å²) in [6, 6.07) is 8.18. The molecule has 4 N–H and O–H groups in total. The topological polar surface area (TPSA) is 218 Å². The molecule has 0 aromatic heterocycles. The minimum Gasteiger partial charge on any atom is -0.866 e. The molecule has 0 aliphatic carbocycles. The van der Waals surface area contributed by atoms with Gasteiger partial charge in [-0.15, -0.1) is 5.11 Å². The molecule has 0 unspecified atom stereocenters. The Bertz CT molecular complexity index is 1290. The fourth-order valence-corrected chi connectivity index (χ4v) is 3.39. The zero-order valence-electron chi connectivity index (χ0n) is 15.7. The van der Waals surface area contributed by atoms with E-state index in [2.05, 4.69) is 10.2 Å². The van der Waals surface area contributed by atoms with Crippen LogP contribution in [-0.4, -0.2) is 19.0 Å². The number of anilines is 1. The van der Waals surface area contributed by atoms with Crippen LogP contribution in [0.3, 0.4) is 0 Å². The maximum absolute atomic E-state index is 12.2. The van der Waals surface area contributed by atoms with Crippen molar-refractivity contribution in [2.75, 3.05) is 5.73 Å². The molecule has 13 nitrogen and oxygen atoms in total. The number of non-ortho nitro benzene ring substituents is 1. The summed E-state index contributed by atoms with van der Waals surface area (Å²) < 4.78 is 31.0. The van der Waals surface area contributed by atoms with Crippen LogP contribution < -0.4 is 40.4 Å². The smallest absolute Gasteiger partial charge is 0.866 e. The molecule has 0 aliphatic rings. The summed E-state index contributed by atoms with van der Waals surface area (Å²) in [6.45, 7) is 0. The Morgan fingerprint density at radius 2 is 1.52 bits per heavy atom. The van der Waals surface area contributed by atoms with Gasteiger partial charge in [0.2, 0.25) is 4.90 Å². The number of rotatable bonds is 5. The van der Waals surface area contributed by atoms with E-state index in [0.29, 0.717) is 12.1 Å².